The maximum atomic E-state index is 14.1. The number of rotatable bonds is 13. The van der Waals surface area contributed by atoms with Crippen molar-refractivity contribution in [1.82, 2.24) is 10.6 Å². The molecule has 0 radical (unpaired) electrons. The van der Waals surface area contributed by atoms with E-state index in [1.807, 2.05) is 30.3 Å². The van der Waals surface area contributed by atoms with Crippen molar-refractivity contribution in [2.45, 2.75) is 32.5 Å². The number of benzene rings is 4. The van der Waals surface area contributed by atoms with Crippen molar-refractivity contribution in [3.05, 3.63) is 100 Å². The molecule has 4 aromatic carbocycles. The molecule has 0 heterocycles. The highest BCUT2D eigenvalue weighted by molar-refractivity contribution is 9.10. The van der Waals surface area contributed by atoms with Gasteiger partial charge in [0.15, 0.2) is 0 Å². The second-order valence-electron chi connectivity index (χ2n) is 10.6. The van der Waals surface area contributed by atoms with Crippen LogP contribution in [0.4, 0.5) is 11.4 Å². The van der Waals surface area contributed by atoms with Crippen molar-refractivity contribution in [3.8, 4) is 5.75 Å². The Balaban J connectivity index is 1.78. The van der Waals surface area contributed by atoms with E-state index >= 15 is 0 Å². The van der Waals surface area contributed by atoms with Crippen LogP contribution in [0.5, 0.6) is 5.75 Å². The lowest BCUT2D eigenvalue weighted by Gasteiger charge is -2.31. The van der Waals surface area contributed by atoms with E-state index in [-0.39, 0.29) is 30.1 Å². The minimum atomic E-state index is -1.11. The third-order valence-corrected chi connectivity index (χ3v) is 8.00. The van der Waals surface area contributed by atoms with Crippen LogP contribution < -0.4 is 25.2 Å². The summed E-state index contributed by atoms with van der Waals surface area (Å²) in [6.45, 7) is 3.72. The molecule has 0 aromatic heterocycles. The molecule has 1 unspecified atom stereocenters. The van der Waals surface area contributed by atoms with Crippen molar-refractivity contribution in [1.29, 1.82) is 0 Å². The molecule has 0 aliphatic rings. The summed E-state index contributed by atoms with van der Waals surface area (Å²) in [6, 6.07) is 21.4. The first kappa shape index (κ1) is 33.2. The number of methoxy groups -OCH3 is 1. The van der Waals surface area contributed by atoms with Crippen LogP contribution in [0.3, 0.4) is 0 Å². The molecule has 4 rings (SSSR count). The first-order valence-electron chi connectivity index (χ1n) is 14.3. The number of likely N-dealkylation sites (N-methyl/N-ethyl adjacent to an activating group) is 1. The smallest absolute Gasteiger partial charge is 0.335 e. The summed E-state index contributed by atoms with van der Waals surface area (Å²) in [5.74, 6) is -1.17. The van der Waals surface area contributed by atoms with E-state index in [4.69, 9.17) is 4.74 Å². The molecular weight excluding hydrogens is 640 g/mol. The van der Waals surface area contributed by atoms with Crippen LogP contribution in [0, 0.1) is 0 Å². The normalized spacial score (nSPS) is 12.2. The molecule has 0 saturated carbocycles. The molecule has 11 heteroatoms. The molecule has 3 amide bonds. The predicted octanol–water partition coefficient (Wildman–Crippen LogP) is 5.23. The number of halogens is 1. The van der Waals surface area contributed by atoms with E-state index in [2.05, 4.69) is 26.6 Å². The molecule has 10 nitrogen and oxygen atoms in total. The van der Waals surface area contributed by atoms with Gasteiger partial charge in [-0.05, 0) is 86.3 Å². The minimum Gasteiger partial charge on any atom is -0.496 e. The molecule has 2 atom stereocenters. The van der Waals surface area contributed by atoms with E-state index in [9.17, 15) is 24.3 Å². The Morgan fingerprint density at radius 2 is 1.62 bits per heavy atom. The summed E-state index contributed by atoms with van der Waals surface area (Å²) >= 11 is 3.52. The number of para-hydroxylation sites is 2. The highest BCUT2D eigenvalue weighted by Crippen LogP contribution is 2.35. The molecule has 234 valence electrons. The van der Waals surface area contributed by atoms with Gasteiger partial charge in [0.25, 0.3) is 5.91 Å². The number of carboxylic acid groups (broad SMARTS) is 1. The zero-order valence-electron chi connectivity index (χ0n) is 25.4. The monoisotopic (exact) mass is 674 g/mol. The SMILES string of the molecule is CN[C@@H](C)C(=O)NC(C)CN(C(=O)c1ccc(C(=O)O)cc1)c1ccccc1N(C=O)Cc1c(OC)ccc2cc(Br)ccc12. The van der Waals surface area contributed by atoms with Crippen LogP contribution in [-0.4, -0.2) is 62.1 Å². The van der Waals surface area contributed by atoms with Crippen molar-refractivity contribution in [2.24, 2.45) is 0 Å². The van der Waals surface area contributed by atoms with E-state index in [0.717, 1.165) is 20.8 Å². The van der Waals surface area contributed by atoms with Crippen molar-refractivity contribution < 1.29 is 29.0 Å². The number of carboxylic acids is 1. The number of amides is 3. The van der Waals surface area contributed by atoms with Gasteiger partial charge in [-0.1, -0.05) is 40.2 Å². The van der Waals surface area contributed by atoms with Gasteiger partial charge < -0.3 is 30.3 Å². The standard InChI is InChI=1S/C34H35BrN4O6/c1-21(37-32(41)22(2)36-3)18-39(33(42)23-9-11-24(12-10-23)34(43)44)30-8-6-5-7-29(30)38(20-40)19-28-27-15-14-26(35)17-25(27)13-16-31(28)45-4/h5-17,20-22,36H,18-19H2,1-4H3,(H,37,41)(H,43,44)/t21?,22-/m0/s1. The van der Waals surface area contributed by atoms with Gasteiger partial charge in [0.05, 0.1) is 36.6 Å². The Morgan fingerprint density at radius 1 is 0.956 bits per heavy atom. The number of aromatic carboxylic acids is 1. The maximum Gasteiger partial charge on any atom is 0.335 e. The highest BCUT2D eigenvalue weighted by Gasteiger charge is 2.26. The van der Waals surface area contributed by atoms with Crippen LogP contribution in [0.1, 0.15) is 40.1 Å². The van der Waals surface area contributed by atoms with Crippen molar-refractivity contribution in [2.75, 3.05) is 30.5 Å². The quantitative estimate of drug-likeness (QED) is 0.166. The van der Waals surface area contributed by atoms with Crippen molar-refractivity contribution >= 4 is 62.3 Å². The average molecular weight is 676 g/mol. The van der Waals surface area contributed by atoms with Crippen LogP contribution in [0.25, 0.3) is 10.8 Å². The Morgan fingerprint density at radius 3 is 2.24 bits per heavy atom. The number of hydrogen-bond donors (Lipinski definition) is 3. The fraction of sp³-hybridized carbons (Fsp3) is 0.235. The molecule has 3 N–H and O–H groups in total. The molecule has 0 bridgehead atoms. The van der Waals surface area contributed by atoms with Gasteiger partial charge in [-0.15, -0.1) is 0 Å². The third kappa shape index (κ3) is 7.68. The predicted molar refractivity (Wildman–Crippen MR) is 178 cm³/mol. The summed E-state index contributed by atoms with van der Waals surface area (Å²) in [6.07, 6.45) is 0.708. The second-order valence-corrected chi connectivity index (χ2v) is 11.5. The minimum absolute atomic E-state index is 0.0448. The number of hydrogen-bond acceptors (Lipinski definition) is 6. The zero-order valence-corrected chi connectivity index (χ0v) is 27.0. The lowest BCUT2D eigenvalue weighted by molar-refractivity contribution is -0.123. The largest absolute Gasteiger partial charge is 0.496 e. The molecule has 0 fully saturated rings. The lowest BCUT2D eigenvalue weighted by atomic mass is 10.0. The number of ether oxygens (including phenoxy) is 1. The van der Waals surface area contributed by atoms with Gasteiger partial charge >= 0.3 is 5.97 Å². The summed E-state index contributed by atoms with van der Waals surface area (Å²) < 4.78 is 6.59. The molecule has 0 aliphatic carbocycles. The first-order chi connectivity index (χ1) is 21.6. The van der Waals surface area contributed by atoms with Crippen LogP contribution >= 0.6 is 15.9 Å². The van der Waals surface area contributed by atoms with E-state index in [0.29, 0.717) is 23.5 Å². The average Bonchev–Trinajstić information content (AvgIpc) is 3.05. The molecule has 45 heavy (non-hydrogen) atoms. The van der Waals surface area contributed by atoms with E-state index < -0.39 is 24.0 Å². The van der Waals surface area contributed by atoms with E-state index in [1.165, 1.54) is 34.1 Å². The van der Waals surface area contributed by atoms with Gasteiger partial charge in [-0.2, -0.15) is 0 Å². The Kier molecular flexibility index (Phi) is 10.9. The zero-order chi connectivity index (χ0) is 32.7. The first-order valence-corrected chi connectivity index (χ1v) is 15.1. The molecule has 4 aromatic rings. The number of nitrogens with zero attached hydrogens (tertiary/aromatic N) is 2. The number of fused-ring (bicyclic) bond motifs is 1. The summed E-state index contributed by atoms with van der Waals surface area (Å²) in [5, 5.41) is 17.0. The highest BCUT2D eigenvalue weighted by atomic mass is 79.9. The van der Waals surface area contributed by atoms with Crippen LogP contribution in [0.2, 0.25) is 0 Å². The van der Waals surface area contributed by atoms with Gasteiger partial charge in [0, 0.05) is 28.2 Å². The van der Waals surface area contributed by atoms with Crippen molar-refractivity contribution in [3.63, 3.8) is 0 Å². The van der Waals surface area contributed by atoms with Gasteiger partial charge in [-0.25, -0.2) is 4.79 Å². The van der Waals surface area contributed by atoms with Crippen LogP contribution in [0.15, 0.2) is 83.3 Å². The molecular formula is C34H35BrN4O6. The fourth-order valence-electron chi connectivity index (χ4n) is 5.00. The van der Waals surface area contributed by atoms with Crippen LogP contribution in [-0.2, 0) is 16.1 Å². The number of carbonyl (C=O) groups is 4. The number of nitrogens with one attached hydrogen (secondary N) is 2. The molecule has 0 spiro atoms. The maximum absolute atomic E-state index is 14.1. The number of carbonyl (C=O) groups excluding carboxylic acids is 3. The summed E-state index contributed by atoms with van der Waals surface area (Å²) in [4.78, 5) is 53.9. The Bertz CT molecular complexity index is 1710. The molecule has 0 aliphatic heterocycles. The lowest BCUT2D eigenvalue weighted by Crippen LogP contribution is -2.49. The molecule has 0 saturated heterocycles. The topological polar surface area (TPSA) is 128 Å². The van der Waals surface area contributed by atoms with Gasteiger partial charge in [-0.3, -0.25) is 14.4 Å². The number of anilines is 2. The van der Waals surface area contributed by atoms with Gasteiger partial charge in [0.2, 0.25) is 12.3 Å². The summed E-state index contributed by atoms with van der Waals surface area (Å²) in [7, 11) is 3.25. The van der Waals surface area contributed by atoms with E-state index in [1.54, 1.807) is 52.3 Å². The van der Waals surface area contributed by atoms with Gasteiger partial charge in [0.1, 0.15) is 5.75 Å². The Labute approximate surface area is 270 Å². The fourth-order valence-corrected chi connectivity index (χ4v) is 5.38. The Hall–Kier alpha value is -4.74. The second kappa shape index (κ2) is 14.8. The summed E-state index contributed by atoms with van der Waals surface area (Å²) in [5.41, 5.74) is 1.97. The third-order valence-electron chi connectivity index (χ3n) is 7.50.